The summed E-state index contributed by atoms with van der Waals surface area (Å²) in [5.74, 6) is 0.206. The molecule has 0 aliphatic rings. The molecule has 0 fully saturated rings. The molecule has 0 radical (unpaired) electrons. The van der Waals surface area contributed by atoms with Crippen molar-refractivity contribution < 1.29 is 14.3 Å². The Hall–Kier alpha value is -0.410. The van der Waals surface area contributed by atoms with E-state index in [1.807, 2.05) is 27.7 Å². The fourth-order valence-electron chi connectivity index (χ4n) is 1.22. The summed E-state index contributed by atoms with van der Waals surface area (Å²) in [6.45, 7) is 9.54. The fraction of sp³-hybridized carbons (Fsp3) is 0.909. The summed E-state index contributed by atoms with van der Waals surface area (Å²) < 4.78 is 10.5. The molecule has 0 amide bonds. The molecular weight excluding hydrogens is 180 g/mol. The zero-order chi connectivity index (χ0) is 11.0. The maximum Gasteiger partial charge on any atom is 0.140 e. The highest BCUT2D eigenvalue weighted by Crippen LogP contribution is 2.06. The van der Waals surface area contributed by atoms with Crippen LogP contribution in [0.25, 0.3) is 0 Å². The van der Waals surface area contributed by atoms with Crippen molar-refractivity contribution in [3.05, 3.63) is 0 Å². The van der Waals surface area contributed by atoms with Gasteiger partial charge in [-0.15, -0.1) is 0 Å². The van der Waals surface area contributed by atoms with Crippen LogP contribution in [0, 0.1) is 5.92 Å². The molecular formula is C11H22O3. The Kier molecular flexibility index (Phi) is 7.71. The van der Waals surface area contributed by atoms with Crippen LogP contribution in [0.15, 0.2) is 0 Å². The number of Topliss-reactive ketones (excluding diaryl/α,β-unsaturated/α-hetero) is 1. The monoisotopic (exact) mass is 202 g/mol. The zero-order valence-electron chi connectivity index (χ0n) is 9.71. The highest BCUT2D eigenvalue weighted by atomic mass is 16.5. The molecule has 0 aliphatic carbocycles. The lowest BCUT2D eigenvalue weighted by molar-refractivity contribution is -0.126. The summed E-state index contributed by atoms with van der Waals surface area (Å²) in [6.07, 6.45) is 0.513. The van der Waals surface area contributed by atoms with Gasteiger partial charge in [-0.1, -0.05) is 6.92 Å². The average molecular weight is 202 g/mol. The van der Waals surface area contributed by atoms with E-state index in [0.717, 1.165) is 0 Å². The molecule has 2 unspecified atom stereocenters. The van der Waals surface area contributed by atoms with E-state index in [-0.39, 0.29) is 17.8 Å². The fourth-order valence-corrected chi connectivity index (χ4v) is 1.22. The number of rotatable bonds is 8. The van der Waals surface area contributed by atoms with E-state index in [2.05, 4.69) is 0 Å². The quantitative estimate of drug-likeness (QED) is 0.604. The molecule has 0 saturated heterocycles. The van der Waals surface area contributed by atoms with E-state index in [9.17, 15) is 4.79 Å². The second-order valence-electron chi connectivity index (χ2n) is 3.50. The Morgan fingerprint density at radius 1 is 1.21 bits per heavy atom. The van der Waals surface area contributed by atoms with E-state index >= 15 is 0 Å². The SMILES string of the molecule is CCOCC(C)C(=O)CC(C)OCC. The number of ketones is 1. The van der Waals surface area contributed by atoms with Gasteiger partial charge in [0.1, 0.15) is 5.78 Å². The van der Waals surface area contributed by atoms with Crippen molar-refractivity contribution in [1.82, 2.24) is 0 Å². The van der Waals surface area contributed by atoms with Crippen LogP contribution in [-0.4, -0.2) is 31.7 Å². The molecule has 0 aliphatic heterocycles. The lowest BCUT2D eigenvalue weighted by Crippen LogP contribution is -2.22. The van der Waals surface area contributed by atoms with Crippen LogP contribution in [0.1, 0.15) is 34.1 Å². The maximum absolute atomic E-state index is 11.6. The molecule has 14 heavy (non-hydrogen) atoms. The first kappa shape index (κ1) is 13.6. The van der Waals surface area contributed by atoms with E-state index < -0.39 is 0 Å². The Bertz CT molecular complexity index is 157. The topological polar surface area (TPSA) is 35.5 Å². The minimum atomic E-state index is -0.0159. The van der Waals surface area contributed by atoms with Crippen molar-refractivity contribution >= 4 is 5.78 Å². The third-order valence-corrected chi connectivity index (χ3v) is 2.06. The van der Waals surface area contributed by atoms with Gasteiger partial charge in [0.05, 0.1) is 12.7 Å². The Balaban J connectivity index is 3.71. The van der Waals surface area contributed by atoms with Crippen LogP contribution in [0.2, 0.25) is 0 Å². The van der Waals surface area contributed by atoms with Crippen molar-refractivity contribution in [2.45, 2.75) is 40.2 Å². The molecule has 0 rings (SSSR count). The molecule has 0 aromatic heterocycles. The van der Waals surface area contributed by atoms with Gasteiger partial charge in [0.2, 0.25) is 0 Å². The first-order chi connectivity index (χ1) is 6.61. The van der Waals surface area contributed by atoms with Gasteiger partial charge in [-0.2, -0.15) is 0 Å². The maximum atomic E-state index is 11.6. The number of hydrogen-bond acceptors (Lipinski definition) is 3. The normalized spacial score (nSPS) is 15.1. The number of ether oxygens (including phenoxy) is 2. The molecule has 0 aromatic rings. The van der Waals surface area contributed by atoms with Gasteiger partial charge in [-0.25, -0.2) is 0 Å². The Morgan fingerprint density at radius 3 is 2.36 bits per heavy atom. The van der Waals surface area contributed by atoms with Gasteiger partial charge in [-0.3, -0.25) is 4.79 Å². The van der Waals surface area contributed by atoms with Crippen LogP contribution in [0.5, 0.6) is 0 Å². The minimum Gasteiger partial charge on any atom is -0.381 e. The highest BCUT2D eigenvalue weighted by molar-refractivity contribution is 5.81. The standard InChI is InChI=1S/C11H22O3/c1-5-13-8-9(3)11(12)7-10(4)14-6-2/h9-10H,5-8H2,1-4H3. The molecule has 2 atom stereocenters. The third kappa shape index (κ3) is 6.11. The van der Waals surface area contributed by atoms with E-state index in [0.29, 0.717) is 26.2 Å². The molecule has 0 saturated carbocycles. The van der Waals surface area contributed by atoms with Crippen LogP contribution >= 0.6 is 0 Å². The molecule has 0 bridgehead atoms. The van der Waals surface area contributed by atoms with Crippen LogP contribution in [0.4, 0.5) is 0 Å². The van der Waals surface area contributed by atoms with Crippen LogP contribution < -0.4 is 0 Å². The lowest BCUT2D eigenvalue weighted by Gasteiger charge is -2.14. The molecule has 0 spiro atoms. The summed E-state index contributed by atoms with van der Waals surface area (Å²) in [6, 6.07) is 0. The number of carbonyl (C=O) groups is 1. The molecule has 84 valence electrons. The second-order valence-corrected chi connectivity index (χ2v) is 3.50. The zero-order valence-corrected chi connectivity index (χ0v) is 9.71. The molecule has 0 heterocycles. The van der Waals surface area contributed by atoms with Crippen molar-refractivity contribution in [2.75, 3.05) is 19.8 Å². The second kappa shape index (κ2) is 7.94. The minimum absolute atomic E-state index is 0.0159. The summed E-state index contributed by atoms with van der Waals surface area (Å²) in [4.78, 5) is 11.6. The summed E-state index contributed by atoms with van der Waals surface area (Å²) in [7, 11) is 0. The van der Waals surface area contributed by atoms with Crippen LogP contribution in [-0.2, 0) is 14.3 Å². The van der Waals surface area contributed by atoms with Gasteiger partial charge in [-0.05, 0) is 20.8 Å². The summed E-state index contributed by atoms with van der Waals surface area (Å²) in [5, 5.41) is 0. The van der Waals surface area contributed by atoms with Crippen LogP contribution in [0.3, 0.4) is 0 Å². The largest absolute Gasteiger partial charge is 0.381 e. The van der Waals surface area contributed by atoms with Gasteiger partial charge < -0.3 is 9.47 Å². The predicted octanol–water partition coefficient (Wildman–Crippen LogP) is 2.04. The molecule has 0 aromatic carbocycles. The number of carbonyl (C=O) groups excluding carboxylic acids is 1. The first-order valence-corrected chi connectivity index (χ1v) is 5.33. The summed E-state index contributed by atoms with van der Waals surface area (Å²) in [5.41, 5.74) is 0. The van der Waals surface area contributed by atoms with E-state index in [1.54, 1.807) is 0 Å². The average Bonchev–Trinajstić information content (AvgIpc) is 2.14. The smallest absolute Gasteiger partial charge is 0.140 e. The number of hydrogen-bond donors (Lipinski definition) is 0. The molecule has 3 nitrogen and oxygen atoms in total. The first-order valence-electron chi connectivity index (χ1n) is 5.33. The van der Waals surface area contributed by atoms with Gasteiger partial charge in [0, 0.05) is 25.6 Å². The van der Waals surface area contributed by atoms with Gasteiger partial charge in [0.15, 0.2) is 0 Å². The molecule has 3 heteroatoms. The predicted molar refractivity (Wildman–Crippen MR) is 56.4 cm³/mol. The van der Waals surface area contributed by atoms with Crippen molar-refractivity contribution in [2.24, 2.45) is 5.92 Å². The summed E-state index contributed by atoms with van der Waals surface area (Å²) >= 11 is 0. The Labute approximate surface area is 86.8 Å². The third-order valence-electron chi connectivity index (χ3n) is 2.06. The Morgan fingerprint density at radius 2 is 1.86 bits per heavy atom. The molecule has 0 N–H and O–H groups in total. The van der Waals surface area contributed by atoms with E-state index in [4.69, 9.17) is 9.47 Å². The van der Waals surface area contributed by atoms with E-state index in [1.165, 1.54) is 0 Å². The van der Waals surface area contributed by atoms with Crippen molar-refractivity contribution in [3.8, 4) is 0 Å². The van der Waals surface area contributed by atoms with Crippen molar-refractivity contribution in [3.63, 3.8) is 0 Å². The van der Waals surface area contributed by atoms with Gasteiger partial charge in [0.25, 0.3) is 0 Å². The highest BCUT2D eigenvalue weighted by Gasteiger charge is 2.16. The van der Waals surface area contributed by atoms with Crippen molar-refractivity contribution in [1.29, 1.82) is 0 Å². The van der Waals surface area contributed by atoms with Gasteiger partial charge >= 0.3 is 0 Å². The lowest BCUT2D eigenvalue weighted by atomic mass is 10.0.